The highest BCUT2D eigenvalue weighted by molar-refractivity contribution is 5.89. The van der Waals surface area contributed by atoms with Crippen molar-refractivity contribution >= 4 is 11.9 Å². The number of nitrogens with one attached hydrogen (secondary N) is 2. The first-order valence-electron chi connectivity index (χ1n) is 5.19. The smallest absolute Gasteiger partial charge is 0.301 e. The fourth-order valence-electron chi connectivity index (χ4n) is 1.74. The van der Waals surface area contributed by atoms with E-state index in [9.17, 15) is 4.79 Å². The molecule has 1 fully saturated rings. The fraction of sp³-hybridized carbons (Fsp3) is 0.600. The minimum Gasteiger partial charge on any atom is -0.432 e. The molecule has 0 bridgehead atoms. The van der Waals surface area contributed by atoms with Crippen molar-refractivity contribution in [2.45, 2.75) is 32.2 Å². The van der Waals surface area contributed by atoms with Crippen molar-refractivity contribution < 1.29 is 9.21 Å². The van der Waals surface area contributed by atoms with E-state index in [1.165, 1.54) is 6.26 Å². The number of carbonyl (C=O) groups excluding carboxylic acids is 1. The molecule has 0 aromatic carbocycles. The maximum atomic E-state index is 11.5. The Morgan fingerprint density at radius 2 is 2.67 bits per heavy atom. The summed E-state index contributed by atoms with van der Waals surface area (Å²) >= 11 is 0. The summed E-state index contributed by atoms with van der Waals surface area (Å²) in [6, 6.07) is 0.594. The van der Waals surface area contributed by atoms with Gasteiger partial charge in [-0.25, -0.2) is 0 Å². The quantitative estimate of drug-likeness (QED) is 0.781. The van der Waals surface area contributed by atoms with Crippen molar-refractivity contribution in [3.05, 3.63) is 12.0 Å². The van der Waals surface area contributed by atoms with Gasteiger partial charge in [0.25, 0.3) is 0 Å². The molecule has 0 spiro atoms. The van der Waals surface area contributed by atoms with E-state index in [2.05, 4.69) is 15.6 Å². The zero-order valence-electron chi connectivity index (χ0n) is 8.75. The molecule has 2 heterocycles. The lowest BCUT2D eigenvalue weighted by Gasteiger charge is -2.07. The average Bonchev–Trinajstić information content (AvgIpc) is 2.77. The largest absolute Gasteiger partial charge is 0.432 e. The third kappa shape index (κ3) is 2.79. The molecule has 1 unspecified atom stereocenters. The van der Waals surface area contributed by atoms with Gasteiger partial charge in [0.05, 0.1) is 5.69 Å². The SMILES string of the molecule is Cc1coc(NC(=O)CC2CCCN2)n1. The van der Waals surface area contributed by atoms with Gasteiger partial charge in [-0.05, 0) is 26.3 Å². The molecule has 1 atom stereocenters. The Morgan fingerprint density at radius 1 is 1.80 bits per heavy atom. The normalized spacial score (nSPS) is 20.5. The van der Waals surface area contributed by atoms with E-state index in [4.69, 9.17) is 4.42 Å². The van der Waals surface area contributed by atoms with Gasteiger partial charge in [0.2, 0.25) is 5.91 Å². The molecule has 2 N–H and O–H groups in total. The van der Waals surface area contributed by atoms with Crippen LogP contribution in [0.2, 0.25) is 0 Å². The van der Waals surface area contributed by atoms with Crippen LogP contribution in [-0.2, 0) is 4.79 Å². The van der Waals surface area contributed by atoms with Crippen LogP contribution in [0.5, 0.6) is 0 Å². The third-order valence-corrected chi connectivity index (χ3v) is 2.46. The van der Waals surface area contributed by atoms with Crippen LogP contribution in [0.15, 0.2) is 10.7 Å². The molecule has 1 aromatic heterocycles. The summed E-state index contributed by atoms with van der Waals surface area (Å²) in [4.78, 5) is 15.5. The predicted octanol–water partition coefficient (Wildman–Crippen LogP) is 1.06. The van der Waals surface area contributed by atoms with Gasteiger partial charge in [0.15, 0.2) is 0 Å². The second kappa shape index (κ2) is 4.44. The van der Waals surface area contributed by atoms with Gasteiger partial charge in [-0.15, -0.1) is 0 Å². The Labute approximate surface area is 88.3 Å². The molecular formula is C10H15N3O2. The van der Waals surface area contributed by atoms with Crippen molar-refractivity contribution in [3.8, 4) is 0 Å². The lowest BCUT2D eigenvalue weighted by molar-refractivity contribution is -0.116. The highest BCUT2D eigenvalue weighted by Gasteiger charge is 2.18. The van der Waals surface area contributed by atoms with Crippen LogP contribution in [0.3, 0.4) is 0 Å². The maximum Gasteiger partial charge on any atom is 0.301 e. The number of hydrogen-bond donors (Lipinski definition) is 2. The number of rotatable bonds is 3. The first-order chi connectivity index (χ1) is 7.24. The number of carbonyl (C=O) groups is 1. The topological polar surface area (TPSA) is 67.2 Å². The van der Waals surface area contributed by atoms with Gasteiger partial charge >= 0.3 is 6.01 Å². The van der Waals surface area contributed by atoms with Crippen molar-refractivity contribution in [3.63, 3.8) is 0 Å². The Kier molecular flexibility index (Phi) is 3.01. The standard InChI is InChI=1S/C10H15N3O2/c1-7-6-15-10(12-7)13-9(14)5-8-3-2-4-11-8/h6,8,11H,2-5H2,1H3,(H,12,13,14). The summed E-state index contributed by atoms with van der Waals surface area (Å²) in [5, 5.41) is 5.90. The monoisotopic (exact) mass is 209 g/mol. The summed E-state index contributed by atoms with van der Waals surface area (Å²) in [5.41, 5.74) is 0.768. The molecule has 5 heteroatoms. The second-order valence-electron chi connectivity index (χ2n) is 3.84. The molecule has 82 valence electrons. The molecule has 5 nitrogen and oxygen atoms in total. The van der Waals surface area contributed by atoms with Crippen LogP contribution in [0.25, 0.3) is 0 Å². The number of aromatic nitrogens is 1. The van der Waals surface area contributed by atoms with Crippen LogP contribution in [0, 0.1) is 6.92 Å². The molecule has 1 saturated heterocycles. The van der Waals surface area contributed by atoms with E-state index >= 15 is 0 Å². The van der Waals surface area contributed by atoms with E-state index < -0.39 is 0 Å². The first kappa shape index (κ1) is 10.2. The van der Waals surface area contributed by atoms with Crippen LogP contribution in [0.1, 0.15) is 25.0 Å². The summed E-state index contributed by atoms with van der Waals surface area (Å²) in [6.07, 6.45) is 4.22. The third-order valence-electron chi connectivity index (χ3n) is 2.46. The summed E-state index contributed by atoms with van der Waals surface area (Å²) in [7, 11) is 0. The van der Waals surface area contributed by atoms with Gasteiger partial charge < -0.3 is 9.73 Å². The molecule has 15 heavy (non-hydrogen) atoms. The predicted molar refractivity (Wildman–Crippen MR) is 55.5 cm³/mol. The minimum absolute atomic E-state index is 0.0451. The van der Waals surface area contributed by atoms with E-state index in [-0.39, 0.29) is 11.9 Å². The van der Waals surface area contributed by atoms with Gasteiger partial charge in [0, 0.05) is 12.5 Å². The van der Waals surface area contributed by atoms with Crippen LogP contribution in [-0.4, -0.2) is 23.5 Å². The number of anilines is 1. The van der Waals surface area contributed by atoms with Gasteiger partial charge in [0.1, 0.15) is 6.26 Å². The fourth-order valence-corrected chi connectivity index (χ4v) is 1.74. The van der Waals surface area contributed by atoms with E-state index in [1.807, 2.05) is 6.92 Å². The Hall–Kier alpha value is -1.36. The van der Waals surface area contributed by atoms with Crippen molar-refractivity contribution in [2.24, 2.45) is 0 Å². The first-order valence-corrected chi connectivity index (χ1v) is 5.19. The van der Waals surface area contributed by atoms with Crippen LogP contribution >= 0.6 is 0 Å². The van der Waals surface area contributed by atoms with Gasteiger partial charge in [-0.1, -0.05) is 0 Å². The van der Waals surface area contributed by atoms with E-state index in [1.54, 1.807) is 0 Å². The molecule has 1 aromatic rings. The summed E-state index contributed by atoms with van der Waals surface area (Å²) in [6.45, 7) is 2.83. The minimum atomic E-state index is -0.0451. The number of oxazole rings is 1. The molecule has 1 amide bonds. The Bertz CT molecular complexity index is 342. The van der Waals surface area contributed by atoms with Crippen LogP contribution in [0.4, 0.5) is 6.01 Å². The molecular weight excluding hydrogens is 194 g/mol. The number of hydrogen-bond acceptors (Lipinski definition) is 4. The molecule has 0 radical (unpaired) electrons. The van der Waals surface area contributed by atoms with Crippen molar-refractivity contribution in [2.75, 3.05) is 11.9 Å². The van der Waals surface area contributed by atoms with Crippen LogP contribution < -0.4 is 10.6 Å². The Balaban J connectivity index is 1.81. The van der Waals surface area contributed by atoms with E-state index in [0.29, 0.717) is 12.5 Å². The molecule has 1 aliphatic rings. The van der Waals surface area contributed by atoms with E-state index in [0.717, 1.165) is 25.1 Å². The molecule has 0 aliphatic carbocycles. The lowest BCUT2D eigenvalue weighted by atomic mass is 10.1. The van der Waals surface area contributed by atoms with Gasteiger partial charge in [-0.3, -0.25) is 10.1 Å². The second-order valence-corrected chi connectivity index (χ2v) is 3.84. The summed E-state index contributed by atoms with van der Waals surface area (Å²) < 4.78 is 5.04. The highest BCUT2D eigenvalue weighted by atomic mass is 16.4. The molecule has 1 aliphatic heterocycles. The maximum absolute atomic E-state index is 11.5. The summed E-state index contributed by atoms with van der Waals surface area (Å²) in [5.74, 6) is -0.0451. The highest BCUT2D eigenvalue weighted by Crippen LogP contribution is 2.11. The zero-order chi connectivity index (χ0) is 10.7. The molecule has 0 saturated carbocycles. The number of amides is 1. The molecule has 2 rings (SSSR count). The van der Waals surface area contributed by atoms with Gasteiger partial charge in [-0.2, -0.15) is 4.98 Å². The number of nitrogens with zero attached hydrogens (tertiary/aromatic N) is 1. The van der Waals surface area contributed by atoms with Crippen molar-refractivity contribution in [1.82, 2.24) is 10.3 Å². The van der Waals surface area contributed by atoms with Crippen molar-refractivity contribution in [1.29, 1.82) is 0 Å². The zero-order valence-corrected chi connectivity index (χ0v) is 8.75. The Morgan fingerprint density at radius 3 is 3.27 bits per heavy atom. The average molecular weight is 209 g/mol. The lowest BCUT2D eigenvalue weighted by Crippen LogP contribution is -2.27. The number of aryl methyl sites for hydroxylation is 1.